The first-order valence-electron chi connectivity index (χ1n) is 6.54. The van der Waals surface area contributed by atoms with Gasteiger partial charge in [-0.2, -0.15) is 0 Å². The molecule has 2 aromatic carbocycles. The minimum atomic E-state index is 0.813. The zero-order chi connectivity index (χ0) is 13.4. The zero-order valence-corrected chi connectivity index (χ0v) is 11.4. The van der Waals surface area contributed by atoms with Crippen molar-refractivity contribution in [3.63, 3.8) is 0 Å². The normalized spacial score (nSPS) is 11.1. The van der Waals surface area contributed by atoms with Crippen LogP contribution in [-0.4, -0.2) is 4.57 Å². The van der Waals surface area contributed by atoms with Gasteiger partial charge < -0.3 is 10.3 Å². The van der Waals surface area contributed by atoms with Gasteiger partial charge in [-0.25, -0.2) is 0 Å². The van der Waals surface area contributed by atoms with Crippen LogP contribution in [0.5, 0.6) is 0 Å². The first-order chi connectivity index (χ1) is 9.13. The second-order valence-electron chi connectivity index (χ2n) is 5.20. The Morgan fingerprint density at radius 2 is 1.74 bits per heavy atom. The highest BCUT2D eigenvalue weighted by molar-refractivity contribution is 5.84. The highest BCUT2D eigenvalue weighted by atomic mass is 15.0. The van der Waals surface area contributed by atoms with Gasteiger partial charge >= 0.3 is 0 Å². The predicted octanol–water partition coefficient (Wildman–Crippen LogP) is 3.89. The largest absolute Gasteiger partial charge is 0.399 e. The molecule has 0 spiro atoms. The number of aromatic nitrogens is 1. The molecule has 2 N–H and O–H groups in total. The lowest BCUT2D eigenvalue weighted by Gasteiger charge is -2.09. The molecule has 0 amide bonds. The summed E-state index contributed by atoms with van der Waals surface area (Å²) in [5.41, 5.74) is 11.8. The molecule has 3 aromatic rings. The Morgan fingerprint density at radius 1 is 1.00 bits per heavy atom. The van der Waals surface area contributed by atoms with Gasteiger partial charge in [0.2, 0.25) is 0 Å². The molecule has 0 atom stereocenters. The van der Waals surface area contributed by atoms with Crippen molar-refractivity contribution in [2.45, 2.75) is 20.4 Å². The van der Waals surface area contributed by atoms with E-state index in [0.29, 0.717) is 0 Å². The Kier molecular flexibility index (Phi) is 2.79. The van der Waals surface area contributed by atoms with Crippen LogP contribution in [-0.2, 0) is 6.54 Å². The summed E-state index contributed by atoms with van der Waals surface area (Å²) in [6, 6.07) is 14.8. The Bertz CT molecular complexity index is 721. The number of anilines is 1. The molecule has 0 aliphatic rings. The van der Waals surface area contributed by atoms with Gasteiger partial charge in [0, 0.05) is 23.8 Å². The minimum Gasteiger partial charge on any atom is -0.399 e. The van der Waals surface area contributed by atoms with Crippen LogP contribution in [0.2, 0.25) is 0 Å². The number of hydrogen-bond acceptors (Lipinski definition) is 1. The molecule has 1 aromatic heterocycles. The van der Waals surface area contributed by atoms with Gasteiger partial charge in [0.15, 0.2) is 0 Å². The van der Waals surface area contributed by atoms with E-state index in [1.54, 1.807) is 0 Å². The average Bonchev–Trinajstić information content (AvgIpc) is 2.75. The molecular weight excluding hydrogens is 232 g/mol. The molecule has 2 heteroatoms. The van der Waals surface area contributed by atoms with Crippen LogP contribution in [0.25, 0.3) is 10.9 Å². The van der Waals surface area contributed by atoms with E-state index in [-0.39, 0.29) is 0 Å². The number of nitrogen functional groups attached to an aromatic ring is 1. The number of fused-ring (bicyclic) bond motifs is 1. The molecule has 96 valence electrons. The van der Waals surface area contributed by atoms with Crippen molar-refractivity contribution in [2.75, 3.05) is 5.73 Å². The van der Waals surface area contributed by atoms with Crippen LogP contribution in [0.1, 0.15) is 16.7 Å². The average molecular weight is 250 g/mol. The third-order valence-corrected chi connectivity index (χ3v) is 3.53. The smallest absolute Gasteiger partial charge is 0.0513 e. The molecule has 0 aliphatic heterocycles. The monoisotopic (exact) mass is 250 g/mol. The summed E-state index contributed by atoms with van der Waals surface area (Å²) in [6.45, 7) is 5.20. The molecule has 0 saturated carbocycles. The van der Waals surface area contributed by atoms with E-state index in [0.717, 1.165) is 12.2 Å². The number of aryl methyl sites for hydroxylation is 2. The first kappa shape index (κ1) is 11.8. The molecule has 0 bridgehead atoms. The van der Waals surface area contributed by atoms with E-state index in [4.69, 9.17) is 5.73 Å². The maximum Gasteiger partial charge on any atom is 0.0513 e. The van der Waals surface area contributed by atoms with Crippen LogP contribution in [0.4, 0.5) is 5.69 Å². The van der Waals surface area contributed by atoms with Crippen molar-refractivity contribution < 1.29 is 0 Å². The van der Waals surface area contributed by atoms with Gasteiger partial charge in [-0.1, -0.05) is 23.8 Å². The maximum atomic E-state index is 5.72. The van der Waals surface area contributed by atoms with Gasteiger partial charge in [0.25, 0.3) is 0 Å². The summed E-state index contributed by atoms with van der Waals surface area (Å²) >= 11 is 0. The van der Waals surface area contributed by atoms with E-state index >= 15 is 0 Å². The molecule has 0 unspecified atom stereocenters. The topological polar surface area (TPSA) is 30.9 Å². The van der Waals surface area contributed by atoms with Gasteiger partial charge in [-0.3, -0.25) is 0 Å². The van der Waals surface area contributed by atoms with Crippen molar-refractivity contribution in [2.24, 2.45) is 0 Å². The first-order valence-corrected chi connectivity index (χ1v) is 6.54. The summed E-state index contributed by atoms with van der Waals surface area (Å²) in [7, 11) is 0. The van der Waals surface area contributed by atoms with E-state index in [1.807, 2.05) is 12.1 Å². The number of rotatable bonds is 2. The fraction of sp³-hybridized carbons (Fsp3) is 0.176. The van der Waals surface area contributed by atoms with Crippen molar-refractivity contribution in [3.8, 4) is 0 Å². The number of hydrogen-bond donors (Lipinski definition) is 1. The number of nitrogens with zero attached hydrogens (tertiary/aromatic N) is 1. The molecule has 0 fully saturated rings. The Balaban J connectivity index is 2.04. The highest BCUT2D eigenvalue weighted by Crippen LogP contribution is 2.23. The van der Waals surface area contributed by atoms with E-state index in [9.17, 15) is 0 Å². The molecule has 2 nitrogen and oxygen atoms in total. The van der Waals surface area contributed by atoms with Crippen LogP contribution in [0.3, 0.4) is 0 Å². The summed E-state index contributed by atoms with van der Waals surface area (Å²) in [5, 5.41) is 1.31. The molecule has 0 radical (unpaired) electrons. The molecule has 19 heavy (non-hydrogen) atoms. The molecular formula is C17H18N2. The van der Waals surface area contributed by atoms with Crippen molar-refractivity contribution in [1.29, 1.82) is 0 Å². The van der Waals surface area contributed by atoms with Crippen molar-refractivity contribution >= 4 is 16.6 Å². The Labute approximate surface area is 113 Å². The Hall–Kier alpha value is -2.22. The van der Waals surface area contributed by atoms with E-state index < -0.39 is 0 Å². The van der Waals surface area contributed by atoms with Crippen molar-refractivity contribution in [3.05, 3.63) is 65.4 Å². The summed E-state index contributed by atoms with van der Waals surface area (Å²) in [5.74, 6) is 0. The third-order valence-electron chi connectivity index (χ3n) is 3.53. The lowest BCUT2D eigenvalue weighted by molar-refractivity contribution is 0.834. The highest BCUT2D eigenvalue weighted by Gasteiger charge is 2.05. The standard InChI is InChI=1S/C17H18N2/c1-12-9-13(2)17-15(10-12)7-8-19(17)11-14-3-5-16(18)6-4-14/h3-10H,11,18H2,1-2H3. The van der Waals surface area contributed by atoms with Gasteiger partial charge in [-0.15, -0.1) is 0 Å². The van der Waals surface area contributed by atoms with Crippen LogP contribution in [0, 0.1) is 13.8 Å². The quantitative estimate of drug-likeness (QED) is 0.687. The molecule has 0 saturated heterocycles. The van der Waals surface area contributed by atoms with Crippen LogP contribution in [0.15, 0.2) is 48.7 Å². The molecule has 3 rings (SSSR count). The summed E-state index contributed by atoms with van der Waals surface area (Å²) < 4.78 is 2.30. The fourth-order valence-electron chi connectivity index (χ4n) is 2.71. The number of benzene rings is 2. The summed E-state index contributed by atoms with van der Waals surface area (Å²) in [6.07, 6.45) is 2.16. The van der Waals surface area contributed by atoms with Crippen LogP contribution < -0.4 is 5.73 Å². The third kappa shape index (κ3) is 2.22. The predicted molar refractivity (Wildman–Crippen MR) is 81.4 cm³/mol. The zero-order valence-electron chi connectivity index (χ0n) is 11.4. The van der Waals surface area contributed by atoms with Crippen molar-refractivity contribution in [1.82, 2.24) is 4.57 Å². The minimum absolute atomic E-state index is 0.813. The Morgan fingerprint density at radius 3 is 2.47 bits per heavy atom. The summed E-state index contributed by atoms with van der Waals surface area (Å²) in [4.78, 5) is 0. The number of nitrogens with two attached hydrogens (primary N) is 1. The maximum absolute atomic E-state index is 5.72. The van der Waals surface area contributed by atoms with E-state index in [1.165, 1.54) is 27.6 Å². The molecule has 1 heterocycles. The van der Waals surface area contributed by atoms with E-state index in [2.05, 4.69) is 54.9 Å². The lowest BCUT2D eigenvalue weighted by atomic mass is 10.1. The van der Waals surface area contributed by atoms with Crippen LogP contribution >= 0.6 is 0 Å². The van der Waals surface area contributed by atoms with Gasteiger partial charge in [0.05, 0.1) is 5.52 Å². The lowest BCUT2D eigenvalue weighted by Crippen LogP contribution is -1.99. The second kappa shape index (κ2) is 4.47. The second-order valence-corrected chi connectivity index (χ2v) is 5.20. The fourth-order valence-corrected chi connectivity index (χ4v) is 2.71. The van der Waals surface area contributed by atoms with Gasteiger partial charge in [0.1, 0.15) is 0 Å². The molecule has 0 aliphatic carbocycles. The van der Waals surface area contributed by atoms with Gasteiger partial charge in [-0.05, 0) is 49.2 Å². The SMILES string of the molecule is Cc1cc(C)c2c(ccn2Cc2ccc(N)cc2)c1.